The summed E-state index contributed by atoms with van der Waals surface area (Å²) in [5, 5.41) is 0. The Morgan fingerprint density at radius 1 is 0.913 bits per heavy atom. The van der Waals surface area contributed by atoms with Gasteiger partial charge in [-0.25, -0.2) is 0 Å². The lowest BCUT2D eigenvalue weighted by Gasteiger charge is -2.31. The maximum Gasteiger partial charge on any atom is -0.00130 e. The Kier molecular flexibility index (Phi) is 5.51. The van der Waals surface area contributed by atoms with Crippen molar-refractivity contribution < 1.29 is 0 Å². The summed E-state index contributed by atoms with van der Waals surface area (Å²) in [4.78, 5) is 2.65. The molecule has 3 rings (SSSR count). The fourth-order valence-corrected chi connectivity index (χ4v) is 3.46. The van der Waals surface area contributed by atoms with Crippen molar-refractivity contribution in [1.29, 1.82) is 0 Å². The molecule has 1 saturated heterocycles. The molecule has 2 aromatic rings. The predicted octanol–water partition coefficient (Wildman–Crippen LogP) is 5.58. The number of piperidine rings is 1. The molecule has 122 valence electrons. The molecule has 23 heavy (non-hydrogen) atoms. The van der Waals surface area contributed by atoms with Crippen LogP contribution in [-0.4, -0.2) is 24.5 Å². The summed E-state index contributed by atoms with van der Waals surface area (Å²) >= 11 is 0. The SMILES string of the molecule is CC1CCN(CCC(C)c2ccc(-c3ccccc3)cc2)CC1. The molecule has 2 aromatic carbocycles. The first-order chi connectivity index (χ1) is 11.2. The first-order valence-electron chi connectivity index (χ1n) is 9.10. The first-order valence-corrected chi connectivity index (χ1v) is 9.10. The lowest BCUT2D eigenvalue weighted by atomic mass is 9.94. The van der Waals surface area contributed by atoms with E-state index in [4.69, 9.17) is 0 Å². The highest BCUT2D eigenvalue weighted by molar-refractivity contribution is 5.63. The Hall–Kier alpha value is -1.60. The molecule has 0 saturated carbocycles. The summed E-state index contributed by atoms with van der Waals surface area (Å²) in [7, 11) is 0. The van der Waals surface area contributed by atoms with Crippen molar-refractivity contribution in [2.24, 2.45) is 5.92 Å². The molecule has 0 spiro atoms. The first kappa shape index (κ1) is 16.3. The monoisotopic (exact) mass is 307 g/mol. The maximum atomic E-state index is 2.65. The van der Waals surface area contributed by atoms with Gasteiger partial charge in [0, 0.05) is 0 Å². The largest absolute Gasteiger partial charge is 0.303 e. The highest BCUT2D eigenvalue weighted by Gasteiger charge is 2.16. The van der Waals surface area contributed by atoms with Gasteiger partial charge >= 0.3 is 0 Å². The fraction of sp³-hybridized carbons (Fsp3) is 0.455. The molecule has 1 unspecified atom stereocenters. The van der Waals surface area contributed by atoms with Crippen molar-refractivity contribution in [3.05, 3.63) is 60.2 Å². The third kappa shape index (κ3) is 4.45. The van der Waals surface area contributed by atoms with Gasteiger partial charge in [0.1, 0.15) is 0 Å². The molecule has 0 N–H and O–H groups in total. The van der Waals surface area contributed by atoms with Crippen LogP contribution in [0.2, 0.25) is 0 Å². The van der Waals surface area contributed by atoms with Crippen molar-refractivity contribution in [2.45, 2.75) is 39.0 Å². The van der Waals surface area contributed by atoms with Crippen molar-refractivity contribution in [2.75, 3.05) is 19.6 Å². The Morgan fingerprint density at radius 3 is 2.17 bits per heavy atom. The smallest absolute Gasteiger partial charge is 0.00130 e. The minimum Gasteiger partial charge on any atom is -0.303 e. The molecule has 1 aliphatic heterocycles. The standard InChI is InChI=1S/C22H29N/c1-18-12-15-23(16-13-18)17-14-19(2)20-8-10-22(11-9-20)21-6-4-3-5-7-21/h3-11,18-19H,12-17H2,1-2H3. The molecule has 1 heteroatoms. The van der Waals surface area contributed by atoms with Crippen molar-refractivity contribution >= 4 is 0 Å². The van der Waals surface area contributed by atoms with Gasteiger partial charge in [-0.1, -0.05) is 68.4 Å². The van der Waals surface area contributed by atoms with Crippen LogP contribution in [0.3, 0.4) is 0 Å². The lowest BCUT2D eigenvalue weighted by molar-refractivity contribution is 0.187. The van der Waals surface area contributed by atoms with Crippen LogP contribution in [0.4, 0.5) is 0 Å². The van der Waals surface area contributed by atoms with Crippen molar-refractivity contribution in [3.63, 3.8) is 0 Å². The number of hydrogen-bond acceptors (Lipinski definition) is 1. The summed E-state index contributed by atoms with van der Waals surface area (Å²) < 4.78 is 0. The van der Waals surface area contributed by atoms with Crippen LogP contribution >= 0.6 is 0 Å². The lowest BCUT2D eigenvalue weighted by Crippen LogP contribution is -2.34. The van der Waals surface area contributed by atoms with Crippen LogP contribution in [-0.2, 0) is 0 Å². The third-order valence-electron chi connectivity index (χ3n) is 5.34. The zero-order valence-electron chi connectivity index (χ0n) is 14.5. The second-order valence-electron chi connectivity index (χ2n) is 7.20. The van der Waals surface area contributed by atoms with Gasteiger partial charge in [-0.3, -0.25) is 0 Å². The summed E-state index contributed by atoms with van der Waals surface area (Å²) in [6.07, 6.45) is 4.01. The molecule has 1 fully saturated rings. The second kappa shape index (κ2) is 7.79. The van der Waals surface area contributed by atoms with Crippen LogP contribution in [0.25, 0.3) is 11.1 Å². The zero-order chi connectivity index (χ0) is 16.1. The number of benzene rings is 2. The molecule has 0 aliphatic carbocycles. The van der Waals surface area contributed by atoms with Gasteiger partial charge < -0.3 is 4.90 Å². The number of nitrogens with zero attached hydrogens (tertiary/aromatic N) is 1. The molecular formula is C22H29N. The van der Waals surface area contributed by atoms with Gasteiger partial charge in [-0.2, -0.15) is 0 Å². The van der Waals surface area contributed by atoms with E-state index in [-0.39, 0.29) is 0 Å². The van der Waals surface area contributed by atoms with Gasteiger partial charge in [0.15, 0.2) is 0 Å². The van der Waals surface area contributed by atoms with E-state index in [1.807, 2.05) is 0 Å². The Morgan fingerprint density at radius 2 is 1.52 bits per heavy atom. The molecule has 0 amide bonds. The van der Waals surface area contributed by atoms with Gasteiger partial charge in [0.25, 0.3) is 0 Å². The fourth-order valence-electron chi connectivity index (χ4n) is 3.46. The summed E-state index contributed by atoms with van der Waals surface area (Å²) in [6, 6.07) is 19.8. The average molecular weight is 307 g/mol. The molecule has 1 heterocycles. The summed E-state index contributed by atoms with van der Waals surface area (Å²) in [6.45, 7) is 8.58. The molecule has 0 radical (unpaired) electrons. The van der Waals surface area contributed by atoms with Crippen molar-refractivity contribution in [3.8, 4) is 11.1 Å². The van der Waals surface area contributed by atoms with E-state index >= 15 is 0 Å². The van der Waals surface area contributed by atoms with E-state index in [1.165, 1.54) is 55.6 Å². The van der Waals surface area contributed by atoms with Crippen molar-refractivity contribution in [1.82, 2.24) is 4.90 Å². The normalized spacial score (nSPS) is 18.0. The molecule has 1 nitrogen and oxygen atoms in total. The Balaban J connectivity index is 1.54. The van der Waals surface area contributed by atoms with Crippen LogP contribution in [0.5, 0.6) is 0 Å². The van der Waals surface area contributed by atoms with Gasteiger partial charge in [-0.15, -0.1) is 0 Å². The molecule has 1 aliphatic rings. The molecular weight excluding hydrogens is 278 g/mol. The summed E-state index contributed by atoms with van der Waals surface area (Å²) in [5.74, 6) is 1.56. The van der Waals surface area contributed by atoms with Crippen LogP contribution < -0.4 is 0 Å². The number of likely N-dealkylation sites (tertiary alicyclic amines) is 1. The maximum absolute atomic E-state index is 2.65. The van der Waals surface area contributed by atoms with Crippen LogP contribution in [0.15, 0.2) is 54.6 Å². The average Bonchev–Trinajstić information content (AvgIpc) is 2.62. The van der Waals surface area contributed by atoms with E-state index in [9.17, 15) is 0 Å². The third-order valence-corrected chi connectivity index (χ3v) is 5.34. The number of rotatable bonds is 5. The molecule has 0 bridgehead atoms. The summed E-state index contributed by atoms with van der Waals surface area (Å²) in [5.41, 5.74) is 4.08. The highest BCUT2D eigenvalue weighted by atomic mass is 15.1. The van der Waals surface area contributed by atoms with Gasteiger partial charge in [-0.05, 0) is 67.4 Å². The minimum absolute atomic E-state index is 0.638. The van der Waals surface area contributed by atoms with Gasteiger partial charge in [0.05, 0.1) is 0 Å². The molecule has 0 aromatic heterocycles. The number of hydrogen-bond donors (Lipinski definition) is 0. The van der Waals surface area contributed by atoms with Crippen LogP contribution in [0, 0.1) is 5.92 Å². The highest BCUT2D eigenvalue weighted by Crippen LogP contribution is 2.25. The zero-order valence-corrected chi connectivity index (χ0v) is 14.5. The topological polar surface area (TPSA) is 3.24 Å². The van der Waals surface area contributed by atoms with E-state index in [0.717, 1.165) is 5.92 Å². The van der Waals surface area contributed by atoms with Gasteiger partial charge in [0.2, 0.25) is 0 Å². The predicted molar refractivity (Wildman–Crippen MR) is 99.7 cm³/mol. The van der Waals surface area contributed by atoms with E-state index in [0.29, 0.717) is 5.92 Å². The van der Waals surface area contributed by atoms with E-state index in [2.05, 4.69) is 73.3 Å². The van der Waals surface area contributed by atoms with E-state index in [1.54, 1.807) is 0 Å². The second-order valence-corrected chi connectivity index (χ2v) is 7.20. The van der Waals surface area contributed by atoms with E-state index < -0.39 is 0 Å². The quantitative estimate of drug-likeness (QED) is 0.697. The molecule has 1 atom stereocenters. The van der Waals surface area contributed by atoms with Crippen LogP contribution in [0.1, 0.15) is 44.6 Å². The minimum atomic E-state index is 0.638. The Labute approximate surface area is 141 Å². The Bertz CT molecular complexity index is 579.